The van der Waals surface area contributed by atoms with E-state index in [0.29, 0.717) is 0 Å². The van der Waals surface area contributed by atoms with Gasteiger partial charge in [-0.25, -0.2) is 0 Å². The van der Waals surface area contributed by atoms with Crippen molar-refractivity contribution < 1.29 is 14.6 Å². The van der Waals surface area contributed by atoms with Crippen LogP contribution in [0, 0.1) is 0 Å². The highest BCUT2D eigenvalue weighted by atomic mass is 35.6. The van der Waals surface area contributed by atoms with Gasteiger partial charge in [-0.15, -0.1) is 0 Å². The van der Waals surface area contributed by atoms with Crippen molar-refractivity contribution in [3.8, 4) is 0 Å². The molecule has 0 fully saturated rings. The Morgan fingerprint density at radius 1 is 1.44 bits per heavy atom. The third-order valence-electron chi connectivity index (χ3n) is 0.330. The van der Waals surface area contributed by atoms with Gasteiger partial charge in [0.1, 0.15) is 6.61 Å². The summed E-state index contributed by atoms with van der Waals surface area (Å²) in [5.41, 5.74) is 0. The average Bonchev–Trinajstić information content (AvgIpc) is 1.63. The first-order valence-corrected chi connectivity index (χ1v) is 2.98. The van der Waals surface area contributed by atoms with Gasteiger partial charge in [0.15, 0.2) is 0 Å². The molecule has 54 valence electrons. The molecule has 0 saturated heterocycles. The van der Waals surface area contributed by atoms with Crippen LogP contribution in [0.5, 0.6) is 0 Å². The van der Waals surface area contributed by atoms with Crippen molar-refractivity contribution >= 4 is 41.3 Å². The summed E-state index contributed by atoms with van der Waals surface area (Å²) in [7, 11) is 0. The van der Waals surface area contributed by atoms with E-state index in [1.165, 1.54) is 0 Å². The van der Waals surface area contributed by atoms with Gasteiger partial charge < -0.3 is 4.89 Å². The standard InChI is InChI=1S/C3H3Cl3O3/c4-3(5,6)1-8-9-2-7/h2H,1H2. The van der Waals surface area contributed by atoms with Crippen LogP contribution in [0.25, 0.3) is 0 Å². The highest BCUT2D eigenvalue weighted by Crippen LogP contribution is 2.25. The first kappa shape index (κ1) is 9.30. The molecule has 0 aliphatic rings. The quantitative estimate of drug-likeness (QED) is 0.224. The third kappa shape index (κ3) is 8.30. The Balaban J connectivity index is 3.17. The molecule has 0 rings (SSSR count). The Morgan fingerprint density at radius 2 is 2.00 bits per heavy atom. The van der Waals surface area contributed by atoms with Crippen LogP contribution >= 0.6 is 34.8 Å². The monoisotopic (exact) mass is 192 g/mol. The van der Waals surface area contributed by atoms with Crippen molar-refractivity contribution in [2.75, 3.05) is 6.61 Å². The fourth-order valence-corrected chi connectivity index (χ4v) is 0.262. The predicted molar refractivity (Wildman–Crippen MR) is 33.4 cm³/mol. The lowest BCUT2D eigenvalue weighted by molar-refractivity contribution is -0.257. The minimum atomic E-state index is -1.54. The van der Waals surface area contributed by atoms with Gasteiger partial charge in [0, 0.05) is 0 Å². The van der Waals surface area contributed by atoms with Crippen LogP contribution in [-0.4, -0.2) is 16.9 Å². The van der Waals surface area contributed by atoms with Crippen molar-refractivity contribution in [1.29, 1.82) is 0 Å². The molecule has 0 aromatic rings. The number of carbonyl (C=O) groups is 1. The fraction of sp³-hybridized carbons (Fsp3) is 0.667. The lowest BCUT2D eigenvalue weighted by Gasteiger charge is -2.06. The SMILES string of the molecule is O=COOCC(Cl)(Cl)Cl. The molecule has 3 nitrogen and oxygen atoms in total. The van der Waals surface area contributed by atoms with Gasteiger partial charge in [-0.1, -0.05) is 34.8 Å². The molecule has 0 bridgehead atoms. The average molecular weight is 193 g/mol. The molecule has 6 heteroatoms. The summed E-state index contributed by atoms with van der Waals surface area (Å²) in [4.78, 5) is 17.3. The van der Waals surface area contributed by atoms with E-state index in [-0.39, 0.29) is 13.1 Å². The number of alkyl halides is 3. The van der Waals surface area contributed by atoms with E-state index in [1.807, 2.05) is 0 Å². The van der Waals surface area contributed by atoms with Crippen LogP contribution in [0.1, 0.15) is 0 Å². The summed E-state index contributed by atoms with van der Waals surface area (Å²) in [6.45, 7) is -0.188. The highest BCUT2D eigenvalue weighted by molar-refractivity contribution is 6.67. The van der Waals surface area contributed by atoms with E-state index in [2.05, 4.69) is 9.78 Å². The Hall–Kier alpha value is 0.300. The lowest BCUT2D eigenvalue weighted by atomic mass is 10.8. The minimum absolute atomic E-state index is 0.0937. The topological polar surface area (TPSA) is 35.5 Å². The first-order chi connectivity index (χ1) is 4.06. The molecule has 0 aliphatic carbocycles. The normalized spacial score (nSPS) is 11.0. The molecular formula is C3H3Cl3O3. The van der Waals surface area contributed by atoms with Crippen molar-refractivity contribution in [3.63, 3.8) is 0 Å². The van der Waals surface area contributed by atoms with Gasteiger partial charge in [-0.3, -0.25) is 4.79 Å². The van der Waals surface area contributed by atoms with Crippen molar-refractivity contribution in [2.45, 2.75) is 3.79 Å². The van der Waals surface area contributed by atoms with Crippen LogP contribution in [0.3, 0.4) is 0 Å². The number of hydrogen-bond donors (Lipinski definition) is 0. The third-order valence-corrected chi connectivity index (χ3v) is 0.657. The van der Waals surface area contributed by atoms with Gasteiger partial charge in [-0.05, 0) is 0 Å². The van der Waals surface area contributed by atoms with Crippen LogP contribution < -0.4 is 0 Å². The summed E-state index contributed by atoms with van der Waals surface area (Å²) >= 11 is 15.5. The second-order valence-corrected chi connectivity index (χ2v) is 3.59. The predicted octanol–water partition coefficient (Wildman–Crippen LogP) is 1.46. The lowest BCUT2D eigenvalue weighted by Crippen LogP contribution is -2.12. The molecule has 0 aromatic heterocycles. The first-order valence-electron chi connectivity index (χ1n) is 1.85. The number of hydrogen-bond acceptors (Lipinski definition) is 3. The van der Waals surface area contributed by atoms with Crippen LogP contribution in [0.4, 0.5) is 0 Å². The van der Waals surface area contributed by atoms with E-state index in [1.54, 1.807) is 0 Å². The van der Waals surface area contributed by atoms with E-state index < -0.39 is 3.79 Å². The maximum absolute atomic E-state index is 9.41. The van der Waals surface area contributed by atoms with Crippen LogP contribution in [0.15, 0.2) is 0 Å². The molecule has 0 saturated carbocycles. The largest absolute Gasteiger partial charge is 0.330 e. The van der Waals surface area contributed by atoms with Crippen LogP contribution in [0.2, 0.25) is 0 Å². The van der Waals surface area contributed by atoms with E-state index >= 15 is 0 Å². The number of rotatable bonds is 3. The Bertz CT molecular complexity index is 88.8. The van der Waals surface area contributed by atoms with E-state index in [9.17, 15) is 4.79 Å². The smallest absolute Gasteiger partial charge is 0.302 e. The van der Waals surface area contributed by atoms with Gasteiger partial charge >= 0.3 is 6.47 Å². The molecule has 0 unspecified atom stereocenters. The molecule has 0 amide bonds. The van der Waals surface area contributed by atoms with E-state index in [4.69, 9.17) is 34.8 Å². The second kappa shape index (κ2) is 4.17. The summed E-state index contributed by atoms with van der Waals surface area (Å²) in [6, 6.07) is 0. The Kier molecular flexibility index (Phi) is 4.31. The van der Waals surface area contributed by atoms with Crippen molar-refractivity contribution in [2.24, 2.45) is 0 Å². The minimum Gasteiger partial charge on any atom is -0.302 e. The summed E-state index contributed by atoms with van der Waals surface area (Å²) < 4.78 is -1.54. The fourth-order valence-electron chi connectivity index (χ4n) is 0.129. The molecule has 0 heterocycles. The zero-order valence-electron chi connectivity index (χ0n) is 4.14. The maximum atomic E-state index is 9.41. The van der Waals surface area contributed by atoms with Crippen LogP contribution in [-0.2, 0) is 14.6 Å². The zero-order chi connectivity index (χ0) is 7.33. The Labute approximate surface area is 66.7 Å². The van der Waals surface area contributed by atoms with Gasteiger partial charge in [0.2, 0.25) is 3.79 Å². The molecule has 0 N–H and O–H groups in total. The summed E-state index contributed by atoms with van der Waals surface area (Å²) in [5, 5.41) is 0. The van der Waals surface area contributed by atoms with Crippen molar-refractivity contribution in [3.05, 3.63) is 0 Å². The molecule has 0 aliphatic heterocycles. The molecule has 0 atom stereocenters. The Morgan fingerprint density at radius 3 is 2.33 bits per heavy atom. The zero-order valence-corrected chi connectivity index (χ0v) is 6.41. The molecule has 0 radical (unpaired) electrons. The number of halogens is 3. The molecule has 9 heavy (non-hydrogen) atoms. The maximum Gasteiger partial charge on any atom is 0.330 e. The highest BCUT2D eigenvalue weighted by Gasteiger charge is 2.20. The van der Waals surface area contributed by atoms with Gasteiger partial charge in [0.05, 0.1) is 0 Å². The second-order valence-electron chi connectivity index (χ2n) is 1.07. The van der Waals surface area contributed by atoms with E-state index in [0.717, 1.165) is 0 Å². The summed E-state index contributed by atoms with van der Waals surface area (Å²) in [6.07, 6.45) is 0. The van der Waals surface area contributed by atoms with Gasteiger partial charge in [0.25, 0.3) is 0 Å². The molecular weight excluding hydrogens is 190 g/mol. The molecule has 0 spiro atoms. The number of carbonyl (C=O) groups excluding carboxylic acids is 1. The van der Waals surface area contributed by atoms with Crippen molar-refractivity contribution in [1.82, 2.24) is 0 Å². The molecule has 0 aromatic carbocycles. The summed E-state index contributed by atoms with van der Waals surface area (Å²) in [5.74, 6) is 0. The van der Waals surface area contributed by atoms with Gasteiger partial charge in [-0.2, -0.15) is 4.89 Å².